The molecule has 26 heavy (non-hydrogen) atoms. The van der Waals surface area contributed by atoms with Crippen LogP contribution in [0.1, 0.15) is 12.0 Å². The van der Waals surface area contributed by atoms with Crippen molar-refractivity contribution in [3.8, 4) is 0 Å². The molecule has 0 radical (unpaired) electrons. The van der Waals surface area contributed by atoms with E-state index in [2.05, 4.69) is 9.98 Å². The van der Waals surface area contributed by atoms with Crippen LogP contribution in [0.5, 0.6) is 0 Å². The molecule has 2 aromatic carbocycles. The van der Waals surface area contributed by atoms with Crippen LogP contribution >= 0.6 is 23.2 Å². The summed E-state index contributed by atoms with van der Waals surface area (Å²) in [6.45, 7) is 0. The molecule has 0 unspecified atom stereocenters. The van der Waals surface area contributed by atoms with Crippen LogP contribution in [0.15, 0.2) is 52.4 Å². The van der Waals surface area contributed by atoms with Gasteiger partial charge in [0.05, 0.1) is 27.1 Å². The summed E-state index contributed by atoms with van der Waals surface area (Å²) in [7, 11) is 0. The van der Waals surface area contributed by atoms with E-state index in [1.807, 2.05) is 0 Å². The summed E-state index contributed by atoms with van der Waals surface area (Å²) in [4.78, 5) is 7.76. The minimum absolute atomic E-state index is 0.0189. The number of fused-ring (bicyclic) bond motifs is 1. The van der Waals surface area contributed by atoms with Gasteiger partial charge in [-0.2, -0.15) is 22.0 Å². The lowest BCUT2D eigenvalue weighted by Crippen LogP contribution is -2.44. The molecule has 136 valence electrons. The lowest BCUT2D eigenvalue weighted by molar-refractivity contribution is -0.249. The van der Waals surface area contributed by atoms with Gasteiger partial charge in [-0.1, -0.05) is 53.5 Å². The Labute approximate surface area is 155 Å². The van der Waals surface area contributed by atoms with Crippen LogP contribution in [0.4, 0.5) is 33.3 Å². The number of hydrogen-bond acceptors (Lipinski definition) is 2. The number of rotatable bonds is 2. The largest absolute Gasteiger partial charge is 0.459 e. The number of nitrogens with zero attached hydrogens (tertiary/aromatic N) is 2. The molecule has 0 aromatic heterocycles. The van der Waals surface area contributed by atoms with Crippen LogP contribution in [0.25, 0.3) is 0 Å². The molecule has 2 nitrogen and oxygen atoms in total. The first-order valence-electron chi connectivity index (χ1n) is 7.24. The van der Waals surface area contributed by atoms with Crippen molar-refractivity contribution in [3.63, 3.8) is 0 Å². The van der Waals surface area contributed by atoms with Crippen LogP contribution in [-0.4, -0.2) is 23.5 Å². The molecule has 9 heteroatoms. The summed E-state index contributed by atoms with van der Waals surface area (Å²) in [5.74, 6) is -5.11. The van der Waals surface area contributed by atoms with Crippen LogP contribution < -0.4 is 0 Å². The molecule has 3 rings (SSSR count). The van der Waals surface area contributed by atoms with E-state index in [1.165, 1.54) is 6.07 Å². The molecule has 0 bridgehead atoms. The number of aliphatic imine (C=N–C) groups is 2. The zero-order valence-corrected chi connectivity index (χ0v) is 14.3. The SMILES string of the molecule is FC(F)(F)C(F)(F)C1=Nc2cc(Cl)c(Cl)cc2N=C(c2ccccc2)C1. The predicted octanol–water partition coefficient (Wildman–Crippen LogP) is 6.79. The molecule has 0 N–H and O–H groups in total. The lowest BCUT2D eigenvalue weighted by Gasteiger charge is -2.21. The Kier molecular flexibility index (Phi) is 4.79. The van der Waals surface area contributed by atoms with Crippen molar-refractivity contribution in [3.05, 3.63) is 58.1 Å². The minimum Gasteiger partial charge on any atom is -0.250 e. The van der Waals surface area contributed by atoms with Crippen molar-refractivity contribution in [1.29, 1.82) is 0 Å². The van der Waals surface area contributed by atoms with Gasteiger partial charge >= 0.3 is 12.1 Å². The quantitative estimate of drug-likeness (QED) is 0.490. The second-order valence-corrected chi connectivity index (χ2v) is 6.30. The van der Waals surface area contributed by atoms with Gasteiger partial charge in [0.25, 0.3) is 0 Å². The Bertz CT molecular complexity index is 905. The average Bonchev–Trinajstić information content (AvgIpc) is 2.75. The summed E-state index contributed by atoms with van der Waals surface area (Å²) >= 11 is 11.8. The average molecular weight is 407 g/mol. The highest BCUT2D eigenvalue weighted by Crippen LogP contribution is 2.43. The zero-order chi connectivity index (χ0) is 19.1. The molecular weight excluding hydrogens is 398 g/mol. The maximum Gasteiger partial charge on any atom is 0.459 e. The van der Waals surface area contributed by atoms with Crippen LogP contribution in [-0.2, 0) is 0 Å². The molecule has 0 saturated carbocycles. The van der Waals surface area contributed by atoms with E-state index in [-0.39, 0.29) is 27.1 Å². The van der Waals surface area contributed by atoms with Gasteiger partial charge < -0.3 is 0 Å². The molecule has 0 saturated heterocycles. The Balaban J connectivity index is 2.23. The van der Waals surface area contributed by atoms with Crippen molar-refractivity contribution in [2.45, 2.75) is 18.5 Å². The van der Waals surface area contributed by atoms with Gasteiger partial charge in [-0.25, -0.2) is 4.99 Å². The van der Waals surface area contributed by atoms with E-state index in [0.29, 0.717) is 5.56 Å². The highest BCUT2D eigenvalue weighted by atomic mass is 35.5. The number of benzene rings is 2. The van der Waals surface area contributed by atoms with Crippen LogP contribution in [0.3, 0.4) is 0 Å². The van der Waals surface area contributed by atoms with Crippen LogP contribution in [0.2, 0.25) is 10.0 Å². The van der Waals surface area contributed by atoms with Gasteiger partial charge in [0.15, 0.2) is 0 Å². The normalized spacial score (nSPS) is 15.0. The molecule has 0 spiro atoms. The molecular formula is C17H9Cl2F5N2. The Morgan fingerprint density at radius 2 is 1.35 bits per heavy atom. The topological polar surface area (TPSA) is 24.7 Å². The summed E-state index contributed by atoms with van der Waals surface area (Å²) in [5, 5.41) is 0.0602. The van der Waals surface area contributed by atoms with E-state index in [1.54, 1.807) is 30.3 Å². The second-order valence-electron chi connectivity index (χ2n) is 5.49. The van der Waals surface area contributed by atoms with E-state index in [0.717, 1.165) is 6.07 Å². The predicted molar refractivity (Wildman–Crippen MR) is 91.8 cm³/mol. The van der Waals surface area contributed by atoms with Gasteiger partial charge in [0.1, 0.15) is 5.71 Å². The molecule has 0 atom stereocenters. The number of halogens is 7. The van der Waals surface area contributed by atoms with E-state index in [4.69, 9.17) is 23.2 Å². The first-order valence-corrected chi connectivity index (χ1v) is 8.00. The number of hydrogen-bond donors (Lipinski definition) is 0. The summed E-state index contributed by atoms with van der Waals surface area (Å²) in [5.41, 5.74) is -1.08. The fourth-order valence-electron chi connectivity index (χ4n) is 2.38. The maximum atomic E-state index is 14.0. The molecule has 1 heterocycles. The molecule has 2 aromatic rings. The third kappa shape index (κ3) is 3.46. The van der Waals surface area contributed by atoms with E-state index >= 15 is 0 Å². The Morgan fingerprint density at radius 3 is 1.88 bits per heavy atom. The summed E-state index contributed by atoms with van der Waals surface area (Å²) in [6, 6.07) is 10.4. The van der Waals surface area contributed by atoms with Gasteiger partial charge in [-0.3, -0.25) is 4.99 Å². The smallest absolute Gasteiger partial charge is 0.250 e. The van der Waals surface area contributed by atoms with Crippen molar-refractivity contribution in [2.24, 2.45) is 9.98 Å². The summed E-state index contributed by atoms with van der Waals surface area (Å²) < 4.78 is 66.6. The first-order chi connectivity index (χ1) is 12.1. The van der Waals surface area contributed by atoms with Gasteiger partial charge in [-0.15, -0.1) is 0 Å². The Morgan fingerprint density at radius 1 is 0.808 bits per heavy atom. The minimum atomic E-state index is -5.78. The van der Waals surface area contributed by atoms with Gasteiger partial charge in [-0.05, 0) is 17.7 Å². The molecule has 0 aliphatic carbocycles. The fourth-order valence-corrected chi connectivity index (χ4v) is 2.69. The van der Waals surface area contributed by atoms with Gasteiger partial charge in [0.2, 0.25) is 0 Å². The fraction of sp³-hybridized carbons (Fsp3) is 0.176. The van der Waals surface area contributed by atoms with Crippen molar-refractivity contribution in [1.82, 2.24) is 0 Å². The highest BCUT2D eigenvalue weighted by Gasteiger charge is 2.61. The first kappa shape index (κ1) is 18.8. The van der Waals surface area contributed by atoms with Gasteiger partial charge in [0, 0.05) is 6.42 Å². The highest BCUT2D eigenvalue weighted by molar-refractivity contribution is 6.42. The third-order valence-electron chi connectivity index (χ3n) is 3.69. The van der Waals surface area contributed by atoms with Crippen molar-refractivity contribution in [2.75, 3.05) is 0 Å². The van der Waals surface area contributed by atoms with Crippen molar-refractivity contribution < 1.29 is 22.0 Å². The molecule has 1 aliphatic heterocycles. The number of alkyl halides is 5. The molecule has 0 amide bonds. The van der Waals surface area contributed by atoms with Crippen LogP contribution in [0, 0.1) is 0 Å². The van der Waals surface area contributed by atoms with E-state index in [9.17, 15) is 22.0 Å². The lowest BCUT2D eigenvalue weighted by atomic mass is 10.0. The second kappa shape index (κ2) is 6.63. The van der Waals surface area contributed by atoms with Crippen molar-refractivity contribution >= 4 is 46.0 Å². The zero-order valence-electron chi connectivity index (χ0n) is 12.8. The monoisotopic (exact) mass is 406 g/mol. The molecule has 0 fully saturated rings. The standard InChI is InChI=1S/C17H9Cl2F5N2/c18-10-6-13-14(7-11(10)19)26-15(16(20,21)17(22,23)24)8-12(25-13)9-4-2-1-3-5-9/h1-7H,8H2. The molecule has 1 aliphatic rings. The third-order valence-corrected chi connectivity index (χ3v) is 4.41. The summed E-state index contributed by atoms with van der Waals surface area (Å²) in [6.07, 6.45) is -6.56. The Hall–Kier alpha value is -1.99. The maximum absolute atomic E-state index is 14.0. The van der Waals surface area contributed by atoms with E-state index < -0.39 is 24.2 Å².